The van der Waals surface area contributed by atoms with E-state index in [1.807, 2.05) is 31.2 Å². The van der Waals surface area contributed by atoms with E-state index in [0.717, 1.165) is 32.7 Å². The Balaban J connectivity index is 1.67. The first-order valence-corrected chi connectivity index (χ1v) is 8.69. The molecule has 0 saturated heterocycles. The third kappa shape index (κ3) is 2.83. The molecule has 4 nitrogen and oxygen atoms in total. The van der Waals surface area contributed by atoms with Crippen molar-refractivity contribution in [3.63, 3.8) is 0 Å². The van der Waals surface area contributed by atoms with E-state index in [2.05, 4.69) is 29.0 Å². The van der Waals surface area contributed by atoms with Crippen LogP contribution in [0.25, 0.3) is 22.0 Å². The summed E-state index contributed by atoms with van der Waals surface area (Å²) >= 11 is 1.59. The molecule has 2 heterocycles. The number of H-pyrrole nitrogens is 1. The Kier molecular flexibility index (Phi) is 3.65. The molecular weight excluding hydrogens is 320 g/mol. The van der Waals surface area contributed by atoms with Crippen molar-refractivity contribution in [2.45, 2.75) is 24.8 Å². The molecule has 0 saturated carbocycles. The molecule has 0 spiro atoms. The van der Waals surface area contributed by atoms with Gasteiger partial charge in [-0.2, -0.15) is 0 Å². The van der Waals surface area contributed by atoms with Crippen molar-refractivity contribution in [3.05, 3.63) is 69.6 Å². The average Bonchev–Trinajstić information content (AvgIpc) is 2.94. The molecule has 4 aromatic rings. The van der Waals surface area contributed by atoms with Gasteiger partial charge in [0.1, 0.15) is 5.58 Å². The number of aryl methyl sites for hydroxylation is 2. The third-order valence-corrected chi connectivity index (χ3v) is 4.89. The summed E-state index contributed by atoms with van der Waals surface area (Å²) in [6.07, 6.45) is 0. The molecule has 0 atom stereocenters. The van der Waals surface area contributed by atoms with Crippen LogP contribution in [0.15, 0.2) is 56.8 Å². The molecular formula is C19H16N2O2S. The average molecular weight is 336 g/mol. The summed E-state index contributed by atoms with van der Waals surface area (Å²) in [5.74, 6) is 0.657. The minimum Gasteiger partial charge on any atom is -0.423 e. The fraction of sp³-hybridized carbons (Fsp3) is 0.158. The van der Waals surface area contributed by atoms with Crippen molar-refractivity contribution < 1.29 is 4.42 Å². The maximum absolute atomic E-state index is 11.8. The van der Waals surface area contributed by atoms with E-state index in [4.69, 9.17) is 4.42 Å². The fourth-order valence-corrected chi connectivity index (χ4v) is 3.65. The predicted molar refractivity (Wildman–Crippen MR) is 97.6 cm³/mol. The highest BCUT2D eigenvalue weighted by atomic mass is 32.2. The van der Waals surface area contributed by atoms with Crippen LogP contribution in [0.4, 0.5) is 0 Å². The second kappa shape index (κ2) is 5.83. The minimum absolute atomic E-state index is 0.316. The molecule has 0 aliphatic carbocycles. The molecule has 2 aromatic heterocycles. The van der Waals surface area contributed by atoms with Crippen LogP contribution in [0, 0.1) is 13.8 Å². The molecule has 4 rings (SSSR count). The van der Waals surface area contributed by atoms with Crippen molar-refractivity contribution in [3.8, 4) is 0 Å². The van der Waals surface area contributed by atoms with E-state index in [0.29, 0.717) is 11.3 Å². The van der Waals surface area contributed by atoms with Gasteiger partial charge in [0.05, 0.1) is 11.0 Å². The van der Waals surface area contributed by atoms with E-state index in [-0.39, 0.29) is 5.63 Å². The minimum atomic E-state index is -0.316. The molecule has 0 radical (unpaired) electrons. The van der Waals surface area contributed by atoms with Gasteiger partial charge in [-0.25, -0.2) is 9.78 Å². The Morgan fingerprint density at radius 1 is 1.08 bits per heavy atom. The Bertz CT molecular complexity index is 1110. The number of benzene rings is 2. The normalized spacial score (nSPS) is 11.4. The van der Waals surface area contributed by atoms with Crippen LogP contribution in [0.5, 0.6) is 0 Å². The highest BCUT2D eigenvalue weighted by Gasteiger charge is 2.09. The lowest BCUT2D eigenvalue weighted by molar-refractivity contribution is 0.559. The monoisotopic (exact) mass is 336 g/mol. The molecule has 120 valence electrons. The van der Waals surface area contributed by atoms with E-state index in [9.17, 15) is 4.79 Å². The lowest BCUT2D eigenvalue weighted by Gasteiger charge is -2.04. The number of imidazole rings is 1. The van der Waals surface area contributed by atoms with Crippen LogP contribution >= 0.6 is 11.8 Å². The summed E-state index contributed by atoms with van der Waals surface area (Å²) < 4.78 is 5.31. The van der Waals surface area contributed by atoms with Gasteiger partial charge in [-0.1, -0.05) is 30.0 Å². The van der Waals surface area contributed by atoms with Gasteiger partial charge in [0.25, 0.3) is 0 Å². The van der Waals surface area contributed by atoms with Gasteiger partial charge in [-0.15, -0.1) is 0 Å². The summed E-state index contributed by atoms with van der Waals surface area (Å²) in [5, 5.41) is 1.82. The first-order valence-electron chi connectivity index (χ1n) is 7.71. The number of aromatic amines is 1. The number of rotatable bonds is 3. The molecule has 2 aromatic carbocycles. The molecule has 0 unspecified atom stereocenters. The van der Waals surface area contributed by atoms with Crippen LogP contribution in [0.1, 0.15) is 16.7 Å². The highest BCUT2D eigenvalue weighted by Crippen LogP contribution is 2.27. The summed E-state index contributed by atoms with van der Waals surface area (Å²) in [6, 6.07) is 13.6. The summed E-state index contributed by atoms with van der Waals surface area (Å²) in [7, 11) is 0. The van der Waals surface area contributed by atoms with Crippen molar-refractivity contribution >= 4 is 33.8 Å². The lowest BCUT2D eigenvalue weighted by Crippen LogP contribution is -2.00. The number of thioether (sulfide) groups is 1. The number of nitrogens with zero attached hydrogens (tertiary/aromatic N) is 1. The van der Waals surface area contributed by atoms with Crippen molar-refractivity contribution in [1.29, 1.82) is 0 Å². The summed E-state index contributed by atoms with van der Waals surface area (Å²) in [4.78, 5) is 19.7. The van der Waals surface area contributed by atoms with E-state index >= 15 is 0 Å². The molecule has 0 bridgehead atoms. The number of nitrogens with one attached hydrogen (secondary N) is 1. The molecule has 0 fully saturated rings. The van der Waals surface area contributed by atoms with Crippen molar-refractivity contribution in [2.75, 3.05) is 0 Å². The van der Waals surface area contributed by atoms with E-state index < -0.39 is 0 Å². The largest absolute Gasteiger partial charge is 0.423 e. The highest BCUT2D eigenvalue weighted by molar-refractivity contribution is 7.98. The van der Waals surface area contributed by atoms with Gasteiger partial charge in [0.15, 0.2) is 5.16 Å². The smallest absolute Gasteiger partial charge is 0.336 e. The van der Waals surface area contributed by atoms with Gasteiger partial charge in [-0.05, 0) is 48.7 Å². The van der Waals surface area contributed by atoms with Crippen LogP contribution in [-0.4, -0.2) is 9.97 Å². The number of hydrogen-bond donors (Lipinski definition) is 1. The zero-order valence-electron chi connectivity index (χ0n) is 13.4. The second-order valence-electron chi connectivity index (χ2n) is 5.94. The SMILES string of the molecule is Cc1ccc2nc(SCc3cc(=O)oc4cc(C)ccc34)[nH]c2c1. The quantitative estimate of drug-likeness (QED) is 0.439. The summed E-state index contributed by atoms with van der Waals surface area (Å²) in [5.41, 5.74) is 5.54. The number of fused-ring (bicyclic) bond motifs is 2. The summed E-state index contributed by atoms with van der Waals surface area (Å²) in [6.45, 7) is 4.04. The van der Waals surface area contributed by atoms with Crippen LogP contribution in [0.2, 0.25) is 0 Å². The van der Waals surface area contributed by atoms with Gasteiger partial charge in [0.2, 0.25) is 0 Å². The van der Waals surface area contributed by atoms with Gasteiger partial charge < -0.3 is 9.40 Å². The lowest BCUT2D eigenvalue weighted by atomic mass is 10.1. The zero-order valence-corrected chi connectivity index (χ0v) is 14.2. The Labute approximate surface area is 142 Å². The van der Waals surface area contributed by atoms with E-state index in [1.165, 1.54) is 5.56 Å². The topological polar surface area (TPSA) is 58.9 Å². The van der Waals surface area contributed by atoms with Crippen LogP contribution in [-0.2, 0) is 5.75 Å². The Morgan fingerprint density at radius 2 is 1.88 bits per heavy atom. The standard InChI is InChI=1S/C19H16N2O2S/c1-11-4-6-15-16(7-11)21-19(20-15)24-10-13-9-18(22)23-17-8-12(2)3-5-14(13)17/h3-9H,10H2,1-2H3,(H,20,21). The first-order chi connectivity index (χ1) is 11.6. The van der Waals surface area contributed by atoms with E-state index in [1.54, 1.807) is 17.8 Å². The van der Waals surface area contributed by atoms with Crippen LogP contribution in [0.3, 0.4) is 0 Å². The maximum atomic E-state index is 11.8. The number of hydrogen-bond acceptors (Lipinski definition) is 4. The third-order valence-electron chi connectivity index (χ3n) is 3.97. The van der Waals surface area contributed by atoms with Gasteiger partial charge in [0, 0.05) is 17.2 Å². The number of aromatic nitrogens is 2. The van der Waals surface area contributed by atoms with Gasteiger partial charge >= 0.3 is 5.63 Å². The zero-order chi connectivity index (χ0) is 16.7. The van der Waals surface area contributed by atoms with Crippen molar-refractivity contribution in [2.24, 2.45) is 0 Å². The molecule has 0 aliphatic rings. The maximum Gasteiger partial charge on any atom is 0.336 e. The molecule has 0 aliphatic heterocycles. The second-order valence-corrected chi connectivity index (χ2v) is 6.91. The molecule has 24 heavy (non-hydrogen) atoms. The Morgan fingerprint density at radius 3 is 2.75 bits per heavy atom. The molecule has 1 N–H and O–H groups in total. The molecule has 5 heteroatoms. The first kappa shape index (κ1) is 15.0. The van der Waals surface area contributed by atoms with Crippen LogP contribution < -0.4 is 5.63 Å². The predicted octanol–water partition coefficient (Wildman–Crippen LogP) is 4.58. The fourth-order valence-electron chi connectivity index (χ4n) is 2.77. The van der Waals surface area contributed by atoms with Gasteiger partial charge in [-0.3, -0.25) is 0 Å². The Hall–Kier alpha value is -2.53. The molecule has 0 amide bonds. The van der Waals surface area contributed by atoms with Crippen molar-refractivity contribution in [1.82, 2.24) is 9.97 Å².